The molecule has 0 saturated carbocycles. The largest absolute Gasteiger partial charge is 0.496 e. The Kier molecular flexibility index (Phi) is 4.33. The lowest BCUT2D eigenvalue weighted by atomic mass is 9.92. The number of nitrogens with one attached hydrogen (secondary N) is 1. The van der Waals surface area contributed by atoms with Crippen molar-refractivity contribution in [3.63, 3.8) is 0 Å². The van der Waals surface area contributed by atoms with Gasteiger partial charge in [0.05, 0.1) is 26.9 Å². The van der Waals surface area contributed by atoms with E-state index in [1.165, 1.54) is 0 Å². The van der Waals surface area contributed by atoms with Crippen LogP contribution in [-0.2, 0) is 11.3 Å². The number of methoxy groups -OCH3 is 1. The number of piperidine rings is 1. The van der Waals surface area contributed by atoms with Gasteiger partial charge in [-0.3, -0.25) is 4.90 Å². The van der Waals surface area contributed by atoms with Gasteiger partial charge < -0.3 is 24.3 Å². The van der Waals surface area contributed by atoms with Crippen molar-refractivity contribution >= 4 is 6.09 Å². The van der Waals surface area contributed by atoms with Gasteiger partial charge >= 0.3 is 6.09 Å². The van der Waals surface area contributed by atoms with Crippen molar-refractivity contribution < 1.29 is 23.7 Å². The van der Waals surface area contributed by atoms with E-state index in [1.54, 1.807) is 7.11 Å². The molecule has 136 valence electrons. The summed E-state index contributed by atoms with van der Waals surface area (Å²) in [5, 5.41) is 2.79. The zero-order valence-corrected chi connectivity index (χ0v) is 14.5. The van der Waals surface area contributed by atoms with Crippen LogP contribution in [0, 0.1) is 0 Å². The Balaban J connectivity index is 1.53. The molecule has 4 rings (SSSR count). The first kappa shape index (κ1) is 16.3. The summed E-state index contributed by atoms with van der Waals surface area (Å²) in [6, 6.07) is 3.92. The fourth-order valence-corrected chi connectivity index (χ4v) is 3.84. The van der Waals surface area contributed by atoms with E-state index in [4.69, 9.17) is 18.9 Å². The molecule has 3 aliphatic heterocycles. The van der Waals surface area contributed by atoms with Crippen molar-refractivity contribution in [1.82, 2.24) is 10.2 Å². The van der Waals surface area contributed by atoms with Gasteiger partial charge in [-0.2, -0.15) is 0 Å². The van der Waals surface area contributed by atoms with Gasteiger partial charge in [0, 0.05) is 31.1 Å². The van der Waals surface area contributed by atoms with Crippen LogP contribution in [0.5, 0.6) is 17.2 Å². The number of rotatable bonds is 3. The van der Waals surface area contributed by atoms with Crippen LogP contribution >= 0.6 is 0 Å². The molecule has 0 unspecified atom stereocenters. The second-order valence-electron chi connectivity index (χ2n) is 6.90. The second kappa shape index (κ2) is 6.63. The van der Waals surface area contributed by atoms with E-state index in [-0.39, 0.29) is 6.09 Å². The molecule has 1 N–H and O–H groups in total. The predicted molar refractivity (Wildman–Crippen MR) is 90.3 cm³/mol. The molecule has 1 aromatic rings. The highest BCUT2D eigenvalue weighted by Gasteiger charge is 2.43. The van der Waals surface area contributed by atoms with Crippen molar-refractivity contribution in [2.24, 2.45) is 0 Å². The molecule has 0 aromatic heterocycles. The molecule has 0 radical (unpaired) electrons. The summed E-state index contributed by atoms with van der Waals surface area (Å²) in [6.07, 6.45) is 2.47. The van der Waals surface area contributed by atoms with Crippen molar-refractivity contribution in [2.75, 3.05) is 40.0 Å². The van der Waals surface area contributed by atoms with Crippen molar-refractivity contribution in [1.29, 1.82) is 0 Å². The Bertz CT molecular complexity index is 665. The molecule has 25 heavy (non-hydrogen) atoms. The lowest BCUT2D eigenvalue weighted by Crippen LogP contribution is -2.50. The second-order valence-corrected chi connectivity index (χ2v) is 6.90. The number of hydrogen-bond acceptors (Lipinski definition) is 6. The number of amides is 1. The Hall–Kier alpha value is -2.15. The summed E-state index contributed by atoms with van der Waals surface area (Å²) in [7, 11) is 1.67. The van der Waals surface area contributed by atoms with Gasteiger partial charge in [-0.15, -0.1) is 0 Å². The van der Waals surface area contributed by atoms with E-state index in [0.29, 0.717) is 19.8 Å². The van der Waals surface area contributed by atoms with Crippen LogP contribution in [0.15, 0.2) is 12.1 Å². The third-order valence-electron chi connectivity index (χ3n) is 5.03. The van der Waals surface area contributed by atoms with Crippen LogP contribution in [0.2, 0.25) is 0 Å². The minimum Gasteiger partial charge on any atom is -0.496 e. The zero-order chi connectivity index (χ0) is 17.3. The van der Waals surface area contributed by atoms with Crippen molar-refractivity contribution in [3.8, 4) is 17.2 Å². The number of alkyl carbamates (subject to hydrolysis) is 1. The van der Waals surface area contributed by atoms with Gasteiger partial charge in [0.1, 0.15) is 11.4 Å². The number of likely N-dealkylation sites (tertiary alicyclic amines) is 1. The molecule has 0 aliphatic carbocycles. The van der Waals surface area contributed by atoms with Gasteiger partial charge in [0.2, 0.25) is 0 Å². The Morgan fingerprint density at radius 3 is 2.76 bits per heavy atom. The summed E-state index contributed by atoms with van der Waals surface area (Å²) in [4.78, 5) is 13.8. The molecule has 1 aromatic carbocycles. The molecule has 0 bridgehead atoms. The van der Waals surface area contributed by atoms with E-state index in [1.807, 2.05) is 12.1 Å². The van der Waals surface area contributed by atoms with Crippen LogP contribution in [0.1, 0.15) is 24.8 Å². The lowest BCUT2D eigenvalue weighted by Gasteiger charge is -2.38. The number of carbonyl (C=O) groups excluding carboxylic acids is 1. The van der Waals surface area contributed by atoms with E-state index >= 15 is 0 Å². The number of fused-ring (bicyclic) bond motifs is 1. The Morgan fingerprint density at radius 1 is 1.24 bits per heavy atom. The minimum absolute atomic E-state index is 0.310. The standard InChI is InChI=1S/C18H24N2O5/c1-22-14-9-16-15(23-6-3-7-24-16)8-13(14)10-20-5-2-4-18(12-20)11-19-17(21)25-18/h8-9H,2-7,10-12H2,1H3,(H,19,21)/t18-/m1/s1. The zero-order valence-electron chi connectivity index (χ0n) is 14.5. The number of hydrogen-bond donors (Lipinski definition) is 1. The van der Waals surface area contributed by atoms with Gasteiger partial charge in [0.25, 0.3) is 0 Å². The summed E-state index contributed by atoms with van der Waals surface area (Å²) < 4.78 is 22.7. The number of nitrogens with zero attached hydrogens (tertiary/aromatic N) is 1. The summed E-state index contributed by atoms with van der Waals surface area (Å²) in [5.74, 6) is 2.31. The maximum Gasteiger partial charge on any atom is 0.407 e. The monoisotopic (exact) mass is 348 g/mol. The average molecular weight is 348 g/mol. The number of carbonyl (C=O) groups is 1. The summed E-state index contributed by atoms with van der Waals surface area (Å²) >= 11 is 0. The molecule has 2 saturated heterocycles. The number of benzene rings is 1. The summed E-state index contributed by atoms with van der Waals surface area (Å²) in [5.41, 5.74) is 0.662. The molecule has 1 amide bonds. The minimum atomic E-state index is -0.395. The smallest absolute Gasteiger partial charge is 0.407 e. The maximum absolute atomic E-state index is 11.5. The SMILES string of the molecule is COc1cc2c(cc1CN1CCC[C@@]3(CNC(=O)O3)C1)OCCCO2. The molecule has 2 fully saturated rings. The van der Waals surface area contributed by atoms with Crippen LogP contribution in [-0.4, -0.2) is 56.6 Å². The first-order valence-electron chi connectivity index (χ1n) is 8.83. The third kappa shape index (κ3) is 3.33. The summed E-state index contributed by atoms with van der Waals surface area (Å²) in [6.45, 7) is 4.32. The van der Waals surface area contributed by atoms with E-state index < -0.39 is 5.60 Å². The van der Waals surface area contributed by atoms with E-state index in [2.05, 4.69) is 10.2 Å². The van der Waals surface area contributed by atoms with Crippen molar-refractivity contribution in [2.45, 2.75) is 31.4 Å². The van der Waals surface area contributed by atoms with Gasteiger partial charge in [-0.05, 0) is 25.5 Å². The Morgan fingerprint density at radius 2 is 2.04 bits per heavy atom. The highest BCUT2D eigenvalue weighted by molar-refractivity contribution is 5.70. The van der Waals surface area contributed by atoms with E-state index in [9.17, 15) is 4.79 Å². The first-order valence-corrected chi connectivity index (χ1v) is 8.83. The topological polar surface area (TPSA) is 69.3 Å². The Labute approximate surface area is 147 Å². The van der Waals surface area contributed by atoms with Crippen LogP contribution in [0.3, 0.4) is 0 Å². The van der Waals surface area contributed by atoms with Gasteiger partial charge in [-0.25, -0.2) is 4.79 Å². The first-order chi connectivity index (χ1) is 12.2. The van der Waals surface area contributed by atoms with Gasteiger partial charge in [-0.1, -0.05) is 0 Å². The normalized spacial score (nSPS) is 26.0. The molecule has 7 nitrogen and oxygen atoms in total. The molecule has 1 atom stereocenters. The molecular formula is C18H24N2O5. The maximum atomic E-state index is 11.5. The van der Waals surface area contributed by atoms with Crippen LogP contribution < -0.4 is 19.5 Å². The highest BCUT2D eigenvalue weighted by Crippen LogP contribution is 2.38. The van der Waals surface area contributed by atoms with Gasteiger partial charge in [0.15, 0.2) is 11.5 Å². The van der Waals surface area contributed by atoms with E-state index in [0.717, 1.165) is 61.7 Å². The predicted octanol–water partition coefficient (Wildman–Crippen LogP) is 1.93. The lowest BCUT2D eigenvalue weighted by molar-refractivity contribution is -0.0112. The average Bonchev–Trinajstić information content (AvgIpc) is 2.82. The molecule has 3 aliphatic rings. The van der Waals surface area contributed by atoms with Crippen LogP contribution in [0.4, 0.5) is 4.79 Å². The molecule has 7 heteroatoms. The third-order valence-corrected chi connectivity index (χ3v) is 5.03. The molecule has 1 spiro atoms. The molecule has 3 heterocycles. The molecular weight excluding hydrogens is 324 g/mol. The van der Waals surface area contributed by atoms with Crippen LogP contribution in [0.25, 0.3) is 0 Å². The fourth-order valence-electron chi connectivity index (χ4n) is 3.84. The quantitative estimate of drug-likeness (QED) is 0.900. The van der Waals surface area contributed by atoms with Crippen molar-refractivity contribution in [3.05, 3.63) is 17.7 Å². The highest BCUT2D eigenvalue weighted by atomic mass is 16.6. The fraction of sp³-hybridized carbons (Fsp3) is 0.611. The number of ether oxygens (including phenoxy) is 4.